The van der Waals surface area contributed by atoms with Crippen molar-refractivity contribution >= 4 is 15.9 Å². The summed E-state index contributed by atoms with van der Waals surface area (Å²) in [6.07, 6.45) is 0. The Balaban J connectivity index is 1.36. The van der Waals surface area contributed by atoms with Gasteiger partial charge in [-0.25, -0.2) is 8.42 Å². The molecule has 0 radical (unpaired) electrons. The number of morpholine rings is 1. The summed E-state index contributed by atoms with van der Waals surface area (Å²) in [4.78, 5) is 17.3. The Morgan fingerprint density at radius 2 is 1.39 bits per heavy atom. The van der Waals surface area contributed by atoms with E-state index in [1.807, 2.05) is 36.4 Å². The number of hydrogen-bond donors (Lipinski definition) is 0. The van der Waals surface area contributed by atoms with E-state index in [2.05, 4.69) is 29.2 Å². The molecule has 0 bridgehead atoms. The molecule has 1 amide bonds. The van der Waals surface area contributed by atoms with Gasteiger partial charge in [0.05, 0.1) is 36.8 Å². The molecule has 2 saturated heterocycles. The average Bonchev–Trinajstić information content (AvgIpc) is 2.98. The molecule has 0 aliphatic carbocycles. The van der Waals surface area contributed by atoms with Crippen molar-refractivity contribution in [2.75, 3.05) is 59.6 Å². The van der Waals surface area contributed by atoms with Crippen LogP contribution >= 0.6 is 0 Å². The SMILES string of the molecule is COc1ccc(S(=O)(=O)N2CCN(C(c3ccccc3)c3ccccc3)CC2)cc1C(=O)N1CCOCC1. The first-order valence-electron chi connectivity index (χ1n) is 12.9. The van der Waals surface area contributed by atoms with Gasteiger partial charge in [0.2, 0.25) is 10.0 Å². The molecule has 9 heteroatoms. The molecule has 0 aromatic heterocycles. The molecule has 0 N–H and O–H groups in total. The van der Waals surface area contributed by atoms with Gasteiger partial charge in [-0.05, 0) is 29.3 Å². The molecule has 2 fully saturated rings. The van der Waals surface area contributed by atoms with Crippen LogP contribution in [-0.4, -0.2) is 88.0 Å². The van der Waals surface area contributed by atoms with Crippen LogP contribution in [0.15, 0.2) is 83.8 Å². The highest BCUT2D eigenvalue weighted by molar-refractivity contribution is 7.89. The summed E-state index contributed by atoms with van der Waals surface area (Å²) in [6, 6.07) is 25.2. The van der Waals surface area contributed by atoms with Crippen LogP contribution in [0.5, 0.6) is 5.75 Å². The van der Waals surface area contributed by atoms with Crippen molar-refractivity contribution in [3.05, 3.63) is 95.6 Å². The quantitative estimate of drug-likeness (QED) is 0.462. The molecule has 5 rings (SSSR count). The Labute approximate surface area is 224 Å². The van der Waals surface area contributed by atoms with Crippen LogP contribution in [0.2, 0.25) is 0 Å². The van der Waals surface area contributed by atoms with Crippen molar-refractivity contribution in [1.29, 1.82) is 0 Å². The second kappa shape index (κ2) is 11.7. The van der Waals surface area contributed by atoms with Crippen LogP contribution in [0.25, 0.3) is 0 Å². The summed E-state index contributed by atoms with van der Waals surface area (Å²) in [7, 11) is -2.32. The Bertz CT molecular complexity index is 1300. The third-order valence-corrected chi connectivity index (χ3v) is 9.10. The van der Waals surface area contributed by atoms with Crippen molar-refractivity contribution in [2.24, 2.45) is 0 Å². The second-order valence-corrected chi connectivity index (χ2v) is 11.4. The Kier molecular flexibility index (Phi) is 8.09. The van der Waals surface area contributed by atoms with Crippen molar-refractivity contribution in [2.45, 2.75) is 10.9 Å². The number of benzene rings is 3. The van der Waals surface area contributed by atoms with E-state index in [4.69, 9.17) is 9.47 Å². The number of amides is 1. The molecule has 200 valence electrons. The monoisotopic (exact) mass is 535 g/mol. The lowest BCUT2D eigenvalue weighted by Crippen LogP contribution is -2.49. The molecule has 0 atom stereocenters. The van der Waals surface area contributed by atoms with Crippen LogP contribution < -0.4 is 4.74 Å². The van der Waals surface area contributed by atoms with Crippen molar-refractivity contribution in [1.82, 2.24) is 14.1 Å². The molecule has 2 aliphatic rings. The van der Waals surface area contributed by atoms with Gasteiger partial charge in [0.15, 0.2) is 0 Å². The first-order chi connectivity index (χ1) is 18.5. The number of methoxy groups -OCH3 is 1. The van der Waals surface area contributed by atoms with E-state index in [0.717, 1.165) is 0 Å². The van der Waals surface area contributed by atoms with Crippen molar-refractivity contribution < 1.29 is 22.7 Å². The standard InChI is InChI=1S/C29H33N3O5S/c1-36-27-13-12-25(22-26(27)29(33)31-18-20-37-21-19-31)38(34,35)32-16-14-30(15-17-32)28(23-8-4-2-5-9-23)24-10-6-3-7-11-24/h2-13,22,28H,14-21H2,1H3. The van der Waals surface area contributed by atoms with Gasteiger partial charge in [-0.3, -0.25) is 9.69 Å². The fourth-order valence-corrected chi connectivity index (χ4v) is 6.64. The Hall–Kier alpha value is -3.24. The molecule has 2 aliphatic heterocycles. The number of sulfonamides is 1. The van der Waals surface area contributed by atoms with Crippen LogP contribution in [0.4, 0.5) is 0 Å². The highest BCUT2D eigenvalue weighted by Gasteiger charge is 2.33. The van der Waals surface area contributed by atoms with E-state index >= 15 is 0 Å². The zero-order chi connectivity index (χ0) is 26.5. The van der Waals surface area contributed by atoms with E-state index in [9.17, 15) is 13.2 Å². The first-order valence-corrected chi connectivity index (χ1v) is 14.3. The number of nitrogens with zero attached hydrogens (tertiary/aromatic N) is 3. The largest absolute Gasteiger partial charge is 0.496 e. The number of rotatable bonds is 7. The first kappa shape index (κ1) is 26.4. The number of hydrogen-bond acceptors (Lipinski definition) is 6. The molecule has 2 heterocycles. The van der Waals surface area contributed by atoms with Crippen LogP contribution in [0, 0.1) is 0 Å². The topological polar surface area (TPSA) is 79.4 Å². The summed E-state index contributed by atoms with van der Waals surface area (Å²) >= 11 is 0. The lowest BCUT2D eigenvalue weighted by Gasteiger charge is -2.39. The van der Waals surface area contributed by atoms with Gasteiger partial charge in [-0.1, -0.05) is 60.7 Å². The van der Waals surface area contributed by atoms with Crippen LogP contribution in [-0.2, 0) is 14.8 Å². The minimum Gasteiger partial charge on any atom is -0.496 e. The summed E-state index contributed by atoms with van der Waals surface area (Å²) < 4.78 is 39.6. The van der Waals surface area contributed by atoms with Gasteiger partial charge in [-0.15, -0.1) is 0 Å². The Morgan fingerprint density at radius 1 is 0.816 bits per heavy atom. The summed E-state index contributed by atoms with van der Waals surface area (Å²) in [5, 5.41) is 0. The highest BCUT2D eigenvalue weighted by Crippen LogP contribution is 2.31. The molecule has 0 spiro atoms. The van der Waals surface area contributed by atoms with Gasteiger partial charge in [-0.2, -0.15) is 4.31 Å². The predicted octanol–water partition coefficient (Wildman–Crippen LogP) is 3.26. The molecular weight excluding hydrogens is 502 g/mol. The molecule has 0 saturated carbocycles. The Morgan fingerprint density at radius 3 is 1.95 bits per heavy atom. The van der Waals surface area contributed by atoms with E-state index in [1.165, 1.54) is 34.7 Å². The highest BCUT2D eigenvalue weighted by atomic mass is 32.2. The number of ether oxygens (including phenoxy) is 2. The summed E-state index contributed by atoms with van der Waals surface area (Å²) in [6.45, 7) is 3.74. The zero-order valence-electron chi connectivity index (χ0n) is 21.5. The van der Waals surface area contributed by atoms with Crippen LogP contribution in [0.3, 0.4) is 0 Å². The van der Waals surface area contributed by atoms with E-state index in [-0.39, 0.29) is 22.4 Å². The molecular formula is C29H33N3O5S. The number of piperazine rings is 1. The fourth-order valence-electron chi connectivity index (χ4n) is 5.19. The minimum absolute atomic E-state index is 0.0426. The molecule has 38 heavy (non-hydrogen) atoms. The lowest BCUT2D eigenvalue weighted by molar-refractivity contribution is 0.0300. The maximum atomic E-state index is 13.7. The number of carbonyl (C=O) groups excluding carboxylic acids is 1. The van der Waals surface area contributed by atoms with Crippen molar-refractivity contribution in [3.63, 3.8) is 0 Å². The molecule has 0 unspecified atom stereocenters. The van der Waals surface area contributed by atoms with Gasteiger partial charge in [0, 0.05) is 39.3 Å². The van der Waals surface area contributed by atoms with Crippen molar-refractivity contribution in [3.8, 4) is 5.75 Å². The smallest absolute Gasteiger partial charge is 0.257 e. The fraction of sp³-hybridized carbons (Fsp3) is 0.345. The second-order valence-electron chi connectivity index (χ2n) is 9.43. The van der Waals surface area contributed by atoms with E-state index in [1.54, 1.807) is 11.0 Å². The van der Waals surface area contributed by atoms with Gasteiger partial charge < -0.3 is 14.4 Å². The summed E-state index contributed by atoms with van der Waals surface area (Å²) in [5.41, 5.74) is 2.61. The maximum Gasteiger partial charge on any atom is 0.257 e. The van der Waals surface area contributed by atoms with E-state index in [0.29, 0.717) is 58.2 Å². The van der Waals surface area contributed by atoms with Gasteiger partial charge in [0.25, 0.3) is 5.91 Å². The van der Waals surface area contributed by atoms with Crippen LogP contribution in [0.1, 0.15) is 27.5 Å². The third kappa shape index (κ3) is 5.47. The minimum atomic E-state index is -3.80. The predicted molar refractivity (Wildman–Crippen MR) is 145 cm³/mol. The third-order valence-electron chi connectivity index (χ3n) is 7.21. The normalized spacial score (nSPS) is 17.5. The van der Waals surface area contributed by atoms with Gasteiger partial charge in [0.1, 0.15) is 5.75 Å². The molecule has 3 aromatic carbocycles. The van der Waals surface area contributed by atoms with Gasteiger partial charge >= 0.3 is 0 Å². The average molecular weight is 536 g/mol. The lowest BCUT2D eigenvalue weighted by atomic mass is 9.96. The zero-order valence-corrected chi connectivity index (χ0v) is 22.3. The number of carbonyl (C=O) groups is 1. The molecule has 8 nitrogen and oxygen atoms in total. The molecule has 3 aromatic rings. The van der Waals surface area contributed by atoms with E-state index < -0.39 is 10.0 Å². The maximum absolute atomic E-state index is 13.7. The summed E-state index contributed by atoms with van der Waals surface area (Å²) in [5.74, 6) is 0.111.